The van der Waals surface area contributed by atoms with Crippen LogP contribution in [0.15, 0.2) is 72.8 Å². The van der Waals surface area contributed by atoms with Gasteiger partial charge in [-0.3, -0.25) is 0 Å². The Hall–Kier alpha value is -2.98. The molecule has 0 aliphatic rings. The Bertz CT molecular complexity index is 683. The molecule has 0 heterocycles. The third-order valence-corrected chi connectivity index (χ3v) is 3.99. The predicted molar refractivity (Wildman–Crippen MR) is 100 cm³/mol. The van der Waals surface area contributed by atoms with Crippen molar-refractivity contribution in [2.75, 3.05) is 21.3 Å². The van der Waals surface area contributed by atoms with Gasteiger partial charge in [0, 0.05) is 36.4 Å². The Balaban J connectivity index is 2.04. The number of methoxy groups -OCH3 is 3. The highest BCUT2D eigenvalue weighted by molar-refractivity contribution is 5.66. The van der Waals surface area contributed by atoms with Crippen LogP contribution < -0.4 is 19.1 Å². The molecular formula is C21H21NO3+. The average Bonchev–Trinajstić information content (AvgIpc) is 2.70. The Labute approximate surface area is 148 Å². The molecule has 0 N–H and O–H groups in total. The van der Waals surface area contributed by atoms with Gasteiger partial charge in [0.05, 0.1) is 21.3 Å². The number of rotatable bonds is 6. The lowest BCUT2D eigenvalue weighted by Gasteiger charge is -2.12. The van der Waals surface area contributed by atoms with Crippen LogP contribution in [0.1, 0.15) is 0 Å². The van der Waals surface area contributed by atoms with Crippen LogP contribution in [0.25, 0.3) is 0 Å². The van der Waals surface area contributed by atoms with Crippen LogP contribution in [0.5, 0.6) is 17.2 Å². The summed E-state index contributed by atoms with van der Waals surface area (Å²) in [6.07, 6.45) is 0. The lowest BCUT2D eigenvalue weighted by Crippen LogP contribution is -2.11. The molecule has 3 aromatic carbocycles. The first-order valence-corrected chi connectivity index (χ1v) is 7.97. The molecule has 1 radical (unpaired) electrons. The normalized spacial score (nSPS) is 10.6. The molecule has 0 fully saturated rings. The second-order valence-corrected chi connectivity index (χ2v) is 5.43. The summed E-state index contributed by atoms with van der Waals surface area (Å²) in [4.78, 5) is 2.16. The molecule has 0 aliphatic heterocycles. The van der Waals surface area contributed by atoms with Gasteiger partial charge in [-0.05, 0) is 36.4 Å². The number of benzene rings is 3. The van der Waals surface area contributed by atoms with E-state index in [4.69, 9.17) is 14.2 Å². The maximum atomic E-state index is 5.27. The van der Waals surface area contributed by atoms with Gasteiger partial charge in [0.15, 0.2) is 17.1 Å². The van der Waals surface area contributed by atoms with Gasteiger partial charge in [-0.25, -0.2) is 0 Å². The highest BCUT2D eigenvalue weighted by Gasteiger charge is 2.26. The van der Waals surface area contributed by atoms with Gasteiger partial charge >= 0.3 is 0 Å². The van der Waals surface area contributed by atoms with E-state index in [9.17, 15) is 0 Å². The average molecular weight is 335 g/mol. The van der Waals surface area contributed by atoms with E-state index < -0.39 is 0 Å². The Morgan fingerprint density at radius 1 is 0.440 bits per heavy atom. The van der Waals surface area contributed by atoms with Crippen molar-refractivity contribution in [1.82, 2.24) is 4.90 Å². The van der Waals surface area contributed by atoms with Gasteiger partial charge in [-0.15, -0.1) is 0 Å². The van der Waals surface area contributed by atoms with Crippen molar-refractivity contribution >= 4 is 17.1 Å². The monoisotopic (exact) mass is 335 g/mol. The van der Waals surface area contributed by atoms with Crippen molar-refractivity contribution in [2.45, 2.75) is 0 Å². The fourth-order valence-electron chi connectivity index (χ4n) is 2.64. The number of anilines is 3. The summed E-state index contributed by atoms with van der Waals surface area (Å²) in [6.45, 7) is 0. The Kier molecular flexibility index (Phi) is 5.21. The lowest BCUT2D eigenvalue weighted by atomic mass is 10.2. The van der Waals surface area contributed by atoms with Crippen molar-refractivity contribution in [3.63, 3.8) is 0 Å². The fraction of sp³-hybridized carbons (Fsp3) is 0.143. The first-order valence-electron chi connectivity index (χ1n) is 7.97. The van der Waals surface area contributed by atoms with E-state index in [2.05, 4.69) is 4.90 Å². The molecule has 0 saturated heterocycles. The zero-order chi connectivity index (χ0) is 17.6. The minimum absolute atomic E-state index is 0.827. The molecule has 4 nitrogen and oxygen atoms in total. The van der Waals surface area contributed by atoms with Gasteiger partial charge in [0.2, 0.25) is 0 Å². The van der Waals surface area contributed by atoms with E-state index in [1.165, 1.54) is 0 Å². The molecule has 4 heteroatoms. The smallest absolute Gasteiger partial charge is 0.192 e. The van der Waals surface area contributed by atoms with Crippen LogP contribution in [0, 0.1) is 0 Å². The molecule has 3 rings (SSSR count). The van der Waals surface area contributed by atoms with E-state index >= 15 is 0 Å². The van der Waals surface area contributed by atoms with Crippen LogP contribution in [-0.2, 0) is 0 Å². The summed E-state index contributed by atoms with van der Waals surface area (Å²) in [5.74, 6) is 2.48. The third-order valence-electron chi connectivity index (χ3n) is 3.99. The summed E-state index contributed by atoms with van der Waals surface area (Å²) in [5, 5.41) is 0. The second kappa shape index (κ2) is 7.73. The highest BCUT2D eigenvalue weighted by Crippen LogP contribution is 2.36. The van der Waals surface area contributed by atoms with Crippen LogP contribution in [0.3, 0.4) is 0 Å². The van der Waals surface area contributed by atoms with Crippen LogP contribution in [0.4, 0.5) is 17.1 Å². The maximum absolute atomic E-state index is 5.27. The van der Waals surface area contributed by atoms with Gasteiger partial charge in [-0.2, -0.15) is 0 Å². The first-order chi connectivity index (χ1) is 12.2. The van der Waals surface area contributed by atoms with Crippen molar-refractivity contribution in [3.05, 3.63) is 72.8 Å². The summed E-state index contributed by atoms with van der Waals surface area (Å²) in [7, 11) is 5.00. The van der Waals surface area contributed by atoms with E-state index in [0.717, 1.165) is 34.3 Å². The maximum Gasteiger partial charge on any atom is 0.192 e. The number of nitrogens with zero attached hydrogens (tertiary/aromatic N) is 1. The van der Waals surface area contributed by atoms with Crippen molar-refractivity contribution in [3.8, 4) is 17.2 Å². The second-order valence-electron chi connectivity index (χ2n) is 5.43. The van der Waals surface area contributed by atoms with E-state index in [1.807, 2.05) is 72.8 Å². The summed E-state index contributed by atoms with van der Waals surface area (Å²) >= 11 is 0. The van der Waals surface area contributed by atoms with Gasteiger partial charge < -0.3 is 14.2 Å². The van der Waals surface area contributed by atoms with E-state index in [1.54, 1.807) is 21.3 Å². The molecule has 0 saturated carbocycles. The molecule has 0 bridgehead atoms. The van der Waals surface area contributed by atoms with Gasteiger partial charge in [0.1, 0.15) is 17.2 Å². The van der Waals surface area contributed by atoms with E-state index in [0.29, 0.717) is 0 Å². The summed E-state index contributed by atoms with van der Waals surface area (Å²) in [6, 6.07) is 23.9. The van der Waals surface area contributed by atoms with Crippen molar-refractivity contribution in [2.24, 2.45) is 0 Å². The Morgan fingerprint density at radius 2 is 0.680 bits per heavy atom. The quantitative estimate of drug-likeness (QED) is 0.584. The fourth-order valence-corrected chi connectivity index (χ4v) is 2.64. The van der Waals surface area contributed by atoms with Gasteiger partial charge in [0.25, 0.3) is 0 Å². The molecule has 127 valence electrons. The molecular weight excluding hydrogens is 314 g/mol. The third kappa shape index (κ3) is 3.75. The minimum atomic E-state index is 0.827. The van der Waals surface area contributed by atoms with Crippen LogP contribution in [0.2, 0.25) is 0 Å². The summed E-state index contributed by atoms with van der Waals surface area (Å²) in [5.41, 5.74) is 3.11. The van der Waals surface area contributed by atoms with Gasteiger partial charge in [-0.1, -0.05) is 4.90 Å². The van der Waals surface area contributed by atoms with Crippen molar-refractivity contribution in [1.29, 1.82) is 0 Å². The number of hydrogen-bond acceptors (Lipinski definition) is 4. The topological polar surface area (TPSA) is 33.6 Å². The van der Waals surface area contributed by atoms with Crippen molar-refractivity contribution < 1.29 is 14.2 Å². The standard InChI is InChI=1S/C21H21NO3/c1-23-19-10-4-16(5-11-19)22(17-6-12-20(24-2)13-7-17)18-8-14-21(25-3)15-9-18/h4-15H,1-3H3/q+1. The van der Waals surface area contributed by atoms with Crippen LogP contribution in [-0.4, -0.2) is 21.3 Å². The minimum Gasteiger partial charge on any atom is -0.497 e. The SMILES string of the molecule is COc1ccc([N+](c2ccc(OC)cc2)c2ccc(OC)cc2)cc1. The zero-order valence-corrected chi connectivity index (χ0v) is 14.6. The molecule has 0 aromatic heterocycles. The molecule has 0 atom stereocenters. The first kappa shape index (κ1) is 16.9. The van der Waals surface area contributed by atoms with Crippen LogP contribution >= 0.6 is 0 Å². The number of ether oxygens (including phenoxy) is 3. The predicted octanol–water partition coefficient (Wildman–Crippen LogP) is 5.15. The number of hydrogen-bond donors (Lipinski definition) is 0. The molecule has 0 spiro atoms. The Morgan fingerprint density at radius 3 is 0.880 bits per heavy atom. The summed E-state index contributed by atoms with van der Waals surface area (Å²) < 4.78 is 15.8. The lowest BCUT2D eigenvalue weighted by molar-refractivity contribution is 0.414. The highest BCUT2D eigenvalue weighted by atomic mass is 16.5. The largest absolute Gasteiger partial charge is 0.497 e. The molecule has 0 unspecified atom stereocenters. The zero-order valence-electron chi connectivity index (χ0n) is 14.6. The van der Waals surface area contributed by atoms with E-state index in [-0.39, 0.29) is 0 Å². The molecule has 25 heavy (non-hydrogen) atoms. The molecule has 0 aliphatic carbocycles. The molecule has 0 amide bonds. The molecule has 3 aromatic rings.